The number of aromatic nitrogens is 2. The van der Waals surface area contributed by atoms with Crippen LogP contribution in [-0.2, 0) is 5.41 Å². The van der Waals surface area contributed by atoms with Gasteiger partial charge in [-0.25, -0.2) is 4.98 Å². The van der Waals surface area contributed by atoms with Crippen LogP contribution >= 0.6 is 0 Å². The Morgan fingerprint density at radius 3 is 2.67 bits per heavy atom. The maximum atomic E-state index is 6.10. The zero-order valence-corrected chi connectivity index (χ0v) is 10.5. The number of rotatable bonds is 3. The van der Waals surface area contributed by atoms with Crippen LogP contribution in [0.3, 0.4) is 0 Å². The SMILES string of the molecule is NCC1(c2ccccc2-n2ccnc2)CCCC1. The zero-order chi connectivity index (χ0) is 12.4. The van der Waals surface area contributed by atoms with Gasteiger partial charge >= 0.3 is 0 Å². The summed E-state index contributed by atoms with van der Waals surface area (Å²) in [6.45, 7) is 0.735. The Morgan fingerprint density at radius 1 is 1.22 bits per heavy atom. The summed E-state index contributed by atoms with van der Waals surface area (Å²) < 4.78 is 2.09. The normalized spacial score (nSPS) is 18.1. The van der Waals surface area contributed by atoms with Crippen molar-refractivity contribution in [3.05, 3.63) is 48.5 Å². The minimum atomic E-state index is 0.168. The molecule has 1 fully saturated rings. The Labute approximate surface area is 108 Å². The van der Waals surface area contributed by atoms with Crippen molar-refractivity contribution < 1.29 is 0 Å². The molecule has 0 spiro atoms. The van der Waals surface area contributed by atoms with Gasteiger partial charge in [-0.1, -0.05) is 31.0 Å². The van der Waals surface area contributed by atoms with Gasteiger partial charge in [-0.2, -0.15) is 0 Å². The van der Waals surface area contributed by atoms with Gasteiger partial charge in [0.25, 0.3) is 0 Å². The van der Waals surface area contributed by atoms with Gasteiger partial charge in [0.1, 0.15) is 0 Å². The first-order valence-corrected chi connectivity index (χ1v) is 6.64. The van der Waals surface area contributed by atoms with Crippen molar-refractivity contribution in [2.45, 2.75) is 31.1 Å². The molecule has 3 nitrogen and oxygen atoms in total. The van der Waals surface area contributed by atoms with Gasteiger partial charge in [-0.05, 0) is 24.5 Å². The average molecular weight is 241 g/mol. The van der Waals surface area contributed by atoms with E-state index in [1.165, 1.54) is 36.9 Å². The van der Waals surface area contributed by atoms with Crippen LogP contribution in [0.25, 0.3) is 5.69 Å². The van der Waals surface area contributed by atoms with Crippen LogP contribution in [0.5, 0.6) is 0 Å². The van der Waals surface area contributed by atoms with Crippen molar-refractivity contribution in [2.24, 2.45) is 5.73 Å². The number of hydrogen-bond donors (Lipinski definition) is 1. The first kappa shape index (κ1) is 11.5. The van der Waals surface area contributed by atoms with E-state index >= 15 is 0 Å². The highest BCUT2D eigenvalue weighted by molar-refractivity contribution is 5.46. The van der Waals surface area contributed by atoms with E-state index in [4.69, 9.17) is 5.73 Å². The lowest BCUT2D eigenvalue weighted by atomic mass is 9.78. The van der Waals surface area contributed by atoms with Crippen LogP contribution < -0.4 is 5.73 Å². The van der Waals surface area contributed by atoms with Gasteiger partial charge in [-0.3, -0.25) is 0 Å². The molecule has 1 aromatic carbocycles. The van der Waals surface area contributed by atoms with E-state index in [-0.39, 0.29) is 5.41 Å². The third kappa shape index (κ3) is 1.75. The number of nitrogens with two attached hydrogens (primary N) is 1. The summed E-state index contributed by atoms with van der Waals surface area (Å²) in [6, 6.07) is 8.59. The fraction of sp³-hybridized carbons (Fsp3) is 0.400. The van der Waals surface area contributed by atoms with E-state index < -0.39 is 0 Å². The summed E-state index contributed by atoms with van der Waals surface area (Å²) in [5.41, 5.74) is 8.87. The van der Waals surface area contributed by atoms with Crippen LogP contribution in [0.1, 0.15) is 31.2 Å². The third-order valence-electron chi connectivity index (χ3n) is 4.21. The molecule has 1 heterocycles. The maximum Gasteiger partial charge on any atom is 0.0991 e. The van der Waals surface area contributed by atoms with Crippen LogP contribution in [0.15, 0.2) is 43.0 Å². The molecule has 0 unspecified atom stereocenters. The lowest BCUT2D eigenvalue weighted by Gasteiger charge is -2.30. The lowest BCUT2D eigenvalue weighted by molar-refractivity contribution is 0.451. The fourth-order valence-electron chi connectivity index (χ4n) is 3.18. The molecule has 94 valence electrons. The van der Waals surface area contributed by atoms with Crippen molar-refractivity contribution in [1.29, 1.82) is 0 Å². The van der Waals surface area contributed by atoms with Gasteiger partial charge < -0.3 is 10.3 Å². The van der Waals surface area contributed by atoms with E-state index in [0.717, 1.165) is 6.54 Å². The van der Waals surface area contributed by atoms with Gasteiger partial charge in [0.15, 0.2) is 0 Å². The molecule has 1 aromatic heterocycles. The molecule has 1 aliphatic rings. The number of para-hydroxylation sites is 1. The van der Waals surface area contributed by atoms with Gasteiger partial charge in [0.05, 0.1) is 12.0 Å². The van der Waals surface area contributed by atoms with Crippen molar-refractivity contribution >= 4 is 0 Å². The molecule has 2 N–H and O–H groups in total. The predicted molar refractivity (Wildman–Crippen MR) is 72.8 cm³/mol. The van der Waals surface area contributed by atoms with E-state index in [9.17, 15) is 0 Å². The van der Waals surface area contributed by atoms with Gasteiger partial charge in [-0.15, -0.1) is 0 Å². The van der Waals surface area contributed by atoms with E-state index in [2.05, 4.69) is 33.8 Å². The molecule has 0 amide bonds. The Bertz CT molecular complexity index is 510. The van der Waals surface area contributed by atoms with Crippen molar-refractivity contribution in [3.8, 4) is 5.69 Å². The second kappa shape index (κ2) is 4.58. The molecule has 0 radical (unpaired) electrons. The quantitative estimate of drug-likeness (QED) is 0.897. The monoisotopic (exact) mass is 241 g/mol. The molecule has 0 bridgehead atoms. The Morgan fingerprint density at radius 2 is 2.00 bits per heavy atom. The molecule has 2 aromatic rings. The molecular formula is C15H19N3. The minimum absolute atomic E-state index is 0.168. The number of benzene rings is 1. The summed E-state index contributed by atoms with van der Waals surface area (Å²) in [4.78, 5) is 4.15. The Hall–Kier alpha value is -1.61. The summed E-state index contributed by atoms with van der Waals surface area (Å²) in [5.74, 6) is 0. The van der Waals surface area contributed by atoms with Crippen molar-refractivity contribution in [2.75, 3.05) is 6.54 Å². The number of nitrogens with zero attached hydrogens (tertiary/aromatic N) is 2. The molecular weight excluding hydrogens is 222 g/mol. The molecule has 0 aliphatic heterocycles. The molecule has 0 atom stereocenters. The second-order valence-electron chi connectivity index (χ2n) is 5.18. The standard InChI is InChI=1S/C15H19N3/c16-11-15(7-3-4-8-15)13-5-1-2-6-14(13)18-10-9-17-12-18/h1-2,5-6,9-10,12H,3-4,7-8,11,16H2. The Balaban J connectivity index is 2.12. The molecule has 3 rings (SSSR count). The number of imidazole rings is 1. The van der Waals surface area contributed by atoms with Crippen LogP contribution in [0.4, 0.5) is 0 Å². The van der Waals surface area contributed by atoms with Crippen LogP contribution in [0.2, 0.25) is 0 Å². The van der Waals surface area contributed by atoms with Crippen LogP contribution in [-0.4, -0.2) is 16.1 Å². The van der Waals surface area contributed by atoms with E-state index in [1.807, 2.05) is 18.7 Å². The zero-order valence-electron chi connectivity index (χ0n) is 10.5. The highest BCUT2D eigenvalue weighted by atomic mass is 15.0. The molecule has 1 saturated carbocycles. The van der Waals surface area contributed by atoms with Crippen LogP contribution in [0, 0.1) is 0 Å². The van der Waals surface area contributed by atoms with Gasteiger partial charge in [0, 0.05) is 24.4 Å². The van der Waals surface area contributed by atoms with Crippen molar-refractivity contribution in [3.63, 3.8) is 0 Å². The third-order valence-corrected chi connectivity index (χ3v) is 4.21. The molecule has 3 heteroatoms. The average Bonchev–Trinajstić information content (AvgIpc) is 3.11. The number of hydrogen-bond acceptors (Lipinski definition) is 2. The summed E-state index contributed by atoms with van der Waals surface area (Å²) in [6.07, 6.45) is 10.7. The minimum Gasteiger partial charge on any atom is -0.330 e. The summed E-state index contributed by atoms with van der Waals surface area (Å²) >= 11 is 0. The maximum absolute atomic E-state index is 6.10. The highest BCUT2D eigenvalue weighted by Gasteiger charge is 2.36. The highest BCUT2D eigenvalue weighted by Crippen LogP contribution is 2.42. The molecule has 18 heavy (non-hydrogen) atoms. The molecule has 1 aliphatic carbocycles. The predicted octanol–water partition coefficient (Wildman–Crippen LogP) is 2.64. The van der Waals surface area contributed by atoms with E-state index in [0.29, 0.717) is 0 Å². The van der Waals surface area contributed by atoms with Gasteiger partial charge in [0.2, 0.25) is 0 Å². The molecule has 0 saturated heterocycles. The smallest absolute Gasteiger partial charge is 0.0991 e. The second-order valence-corrected chi connectivity index (χ2v) is 5.18. The van der Waals surface area contributed by atoms with Crippen molar-refractivity contribution in [1.82, 2.24) is 9.55 Å². The topological polar surface area (TPSA) is 43.8 Å². The largest absolute Gasteiger partial charge is 0.330 e. The fourth-order valence-corrected chi connectivity index (χ4v) is 3.18. The first-order chi connectivity index (χ1) is 8.86. The Kier molecular flexibility index (Phi) is 2.92. The lowest BCUT2D eigenvalue weighted by Crippen LogP contribution is -2.33. The summed E-state index contributed by atoms with van der Waals surface area (Å²) in [7, 11) is 0. The van der Waals surface area contributed by atoms with E-state index in [1.54, 1.807) is 0 Å². The first-order valence-electron chi connectivity index (χ1n) is 6.64. The summed E-state index contributed by atoms with van der Waals surface area (Å²) in [5, 5.41) is 0.